The maximum atomic E-state index is 12.9. The quantitative estimate of drug-likeness (QED) is 0.166. The minimum atomic E-state index is -2.00. The molecule has 2 aliphatic rings. The monoisotopic (exact) mass is 640 g/mol. The number of rotatable bonds is 9. The van der Waals surface area contributed by atoms with Crippen LogP contribution in [0.15, 0.2) is 36.5 Å². The number of nitrogens with one attached hydrogen (secondary N) is 3. The molecule has 9 nitrogen and oxygen atoms in total. The third-order valence-corrected chi connectivity index (χ3v) is 16.4. The van der Waals surface area contributed by atoms with Crippen molar-refractivity contribution in [1.82, 2.24) is 25.2 Å². The Bertz CT molecular complexity index is 1530. The van der Waals surface area contributed by atoms with Crippen molar-refractivity contribution in [3.8, 4) is 11.5 Å². The Labute approximate surface area is 276 Å². The molecule has 2 aromatic heterocycles. The van der Waals surface area contributed by atoms with E-state index in [0.717, 1.165) is 42.8 Å². The number of carbonyl (C=O) groups excluding carboxylic acids is 1. The van der Waals surface area contributed by atoms with Crippen molar-refractivity contribution in [2.24, 2.45) is 5.92 Å². The number of urea groups is 1. The standard InChI is InChI=1S/C36H52N8OSi/c1-25(2)46(26(3)4,27(5)6)21-16-29-22-33(41-36(45)38-23-28-10-8-9-11-28)40-34-32(29)24-37-35(42-34)39-30-12-14-31(15-13-30)44-19-17-43(7)18-20-44/h12-15,22,24-28H,8-11,17-20,23H2,1-7H3,(H3,37,38,39,40,41,42,45). The molecule has 1 saturated heterocycles. The minimum absolute atomic E-state index is 0.249. The molecule has 3 aromatic rings. The first-order chi connectivity index (χ1) is 22.0. The van der Waals surface area contributed by atoms with Gasteiger partial charge in [0, 0.05) is 55.9 Å². The Kier molecular flexibility index (Phi) is 10.8. The molecule has 0 bridgehead atoms. The first kappa shape index (κ1) is 33.7. The lowest BCUT2D eigenvalue weighted by Crippen LogP contribution is -2.44. The molecule has 1 aliphatic heterocycles. The highest BCUT2D eigenvalue weighted by molar-refractivity contribution is 6.90. The van der Waals surface area contributed by atoms with Crippen LogP contribution in [0.1, 0.15) is 72.8 Å². The third-order valence-electron chi connectivity index (χ3n) is 10.1. The summed E-state index contributed by atoms with van der Waals surface area (Å²) >= 11 is 0. The maximum absolute atomic E-state index is 12.9. The Morgan fingerprint density at radius 2 is 1.61 bits per heavy atom. The van der Waals surface area contributed by atoms with Crippen molar-refractivity contribution in [1.29, 1.82) is 0 Å². The van der Waals surface area contributed by atoms with Crippen molar-refractivity contribution in [2.75, 3.05) is 55.3 Å². The summed E-state index contributed by atoms with van der Waals surface area (Å²) < 4.78 is 0. The van der Waals surface area contributed by atoms with Crippen LogP contribution in [-0.4, -0.2) is 73.7 Å². The molecule has 2 fully saturated rings. The number of carbonyl (C=O) groups is 1. The molecule has 3 heterocycles. The average molecular weight is 641 g/mol. The Morgan fingerprint density at radius 3 is 2.24 bits per heavy atom. The molecule has 46 heavy (non-hydrogen) atoms. The van der Waals surface area contributed by atoms with E-state index in [1.165, 1.54) is 31.4 Å². The zero-order valence-electron chi connectivity index (χ0n) is 28.8. The summed E-state index contributed by atoms with van der Waals surface area (Å²) in [5.41, 5.74) is 8.74. The van der Waals surface area contributed by atoms with Crippen LogP contribution in [0, 0.1) is 17.4 Å². The summed E-state index contributed by atoms with van der Waals surface area (Å²) in [5, 5.41) is 10.1. The number of pyridine rings is 1. The van der Waals surface area contributed by atoms with Gasteiger partial charge in [-0.2, -0.15) is 4.98 Å². The molecule has 0 unspecified atom stereocenters. The summed E-state index contributed by atoms with van der Waals surface area (Å²) in [5.74, 6) is 5.00. The van der Waals surface area contributed by atoms with Gasteiger partial charge in [0.1, 0.15) is 13.9 Å². The first-order valence-electron chi connectivity index (χ1n) is 17.1. The number of nitrogens with zero attached hydrogens (tertiary/aromatic N) is 5. The fourth-order valence-electron chi connectivity index (χ4n) is 7.41. The molecule has 5 rings (SSSR count). The van der Waals surface area contributed by atoms with Gasteiger partial charge in [0.05, 0.1) is 5.39 Å². The van der Waals surface area contributed by atoms with Crippen molar-refractivity contribution >= 4 is 48.3 Å². The third kappa shape index (κ3) is 7.81. The van der Waals surface area contributed by atoms with Crippen LogP contribution < -0.4 is 20.9 Å². The van der Waals surface area contributed by atoms with E-state index in [-0.39, 0.29) is 6.03 Å². The fraction of sp³-hybridized carbons (Fsp3) is 0.556. The van der Waals surface area contributed by atoms with Gasteiger partial charge in [-0.05, 0) is 72.8 Å². The molecule has 0 spiro atoms. The van der Waals surface area contributed by atoms with Gasteiger partial charge in [0.2, 0.25) is 5.95 Å². The number of hydrogen-bond acceptors (Lipinski definition) is 7. The topological polar surface area (TPSA) is 98.3 Å². The van der Waals surface area contributed by atoms with Gasteiger partial charge in [0.25, 0.3) is 0 Å². The van der Waals surface area contributed by atoms with Crippen LogP contribution in [0.3, 0.4) is 0 Å². The van der Waals surface area contributed by atoms with E-state index in [9.17, 15) is 4.79 Å². The lowest BCUT2D eigenvalue weighted by atomic mass is 10.1. The normalized spacial score (nSPS) is 16.3. The van der Waals surface area contributed by atoms with Gasteiger partial charge in [-0.25, -0.2) is 14.8 Å². The second-order valence-electron chi connectivity index (χ2n) is 14.1. The summed E-state index contributed by atoms with van der Waals surface area (Å²) in [6, 6.07) is 10.0. The summed E-state index contributed by atoms with van der Waals surface area (Å²) in [6.07, 6.45) is 6.63. The van der Waals surface area contributed by atoms with Crippen LogP contribution in [0.2, 0.25) is 16.6 Å². The van der Waals surface area contributed by atoms with Crippen LogP contribution in [0.4, 0.5) is 27.9 Å². The average Bonchev–Trinajstić information content (AvgIpc) is 3.54. The first-order valence-corrected chi connectivity index (χ1v) is 19.3. The number of likely N-dealkylation sites (N-methyl/N-ethyl adjacent to an activating group) is 1. The molecule has 1 aliphatic carbocycles. The molecule has 0 radical (unpaired) electrons. The Balaban J connectivity index is 1.43. The summed E-state index contributed by atoms with van der Waals surface area (Å²) in [6.45, 7) is 18.7. The van der Waals surface area contributed by atoms with Gasteiger partial charge < -0.3 is 20.4 Å². The number of piperazine rings is 1. The highest BCUT2D eigenvalue weighted by atomic mass is 28.3. The molecule has 2 amide bonds. The molecular formula is C36H52N8OSi. The molecular weight excluding hydrogens is 589 g/mol. The minimum Gasteiger partial charge on any atom is -0.369 e. The number of amides is 2. The number of anilines is 4. The smallest absolute Gasteiger partial charge is 0.320 e. The van der Waals surface area contributed by atoms with Crippen molar-refractivity contribution in [3.63, 3.8) is 0 Å². The molecule has 10 heteroatoms. The zero-order chi connectivity index (χ0) is 32.8. The van der Waals surface area contributed by atoms with Crippen molar-refractivity contribution in [2.45, 2.75) is 83.8 Å². The molecule has 1 saturated carbocycles. The van der Waals surface area contributed by atoms with Crippen LogP contribution >= 0.6 is 0 Å². The van der Waals surface area contributed by atoms with E-state index >= 15 is 0 Å². The van der Waals surface area contributed by atoms with E-state index < -0.39 is 8.07 Å². The predicted octanol–water partition coefficient (Wildman–Crippen LogP) is 7.40. The van der Waals surface area contributed by atoms with Gasteiger partial charge in [-0.3, -0.25) is 5.32 Å². The van der Waals surface area contributed by atoms with E-state index in [0.29, 0.717) is 46.5 Å². The SMILES string of the molecule is CC(C)[Si](C#Cc1cc(NC(=O)NCC2CCCC2)nc2nc(Nc3ccc(N4CCN(C)CC4)cc3)ncc12)(C(C)C)C(C)C. The summed E-state index contributed by atoms with van der Waals surface area (Å²) in [4.78, 5) is 31.9. The lowest BCUT2D eigenvalue weighted by Gasteiger charge is -2.38. The van der Waals surface area contributed by atoms with Crippen molar-refractivity contribution in [3.05, 3.63) is 42.1 Å². The predicted molar refractivity (Wildman–Crippen MR) is 194 cm³/mol. The van der Waals surface area contributed by atoms with Crippen LogP contribution in [-0.2, 0) is 0 Å². The van der Waals surface area contributed by atoms with E-state index in [2.05, 4.69) is 115 Å². The second-order valence-corrected chi connectivity index (χ2v) is 19.7. The van der Waals surface area contributed by atoms with E-state index in [1.54, 1.807) is 6.20 Å². The van der Waals surface area contributed by atoms with Crippen LogP contribution in [0.5, 0.6) is 0 Å². The zero-order valence-corrected chi connectivity index (χ0v) is 29.8. The lowest BCUT2D eigenvalue weighted by molar-refractivity contribution is 0.250. The Morgan fingerprint density at radius 1 is 0.957 bits per heavy atom. The molecule has 1 aromatic carbocycles. The number of hydrogen-bond donors (Lipinski definition) is 3. The molecule has 246 valence electrons. The second kappa shape index (κ2) is 14.8. The largest absolute Gasteiger partial charge is 0.369 e. The Hall–Kier alpha value is -3.68. The number of aromatic nitrogens is 3. The van der Waals surface area contributed by atoms with Crippen molar-refractivity contribution < 1.29 is 4.79 Å². The fourth-order valence-corrected chi connectivity index (χ4v) is 12.6. The number of fused-ring (bicyclic) bond motifs is 1. The van der Waals surface area contributed by atoms with E-state index in [1.807, 2.05) is 6.07 Å². The molecule has 0 atom stereocenters. The highest BCUT2D eigenvalue weighted by Gasteiger charge is 2.41. The van der Waals surface area contributed by atoms with Crippen LogP contribution in [0.25, 0.3) is 11.0 Å². The maximum Gasteiger partial charge on any atom is 0.320 e. The van der Waals surface area contributed by atoms with Gasteiger partial charge in [-0.1, -0.05) is 60.3 Å². The number of benzene rings is 1. The highest BCUT2D eigenvalue weighted by Crippen LogP contribution is 2.41. The van der Waals surface area contributed by atoms with Gasteiger partial charge >= 0.3 is 6.03 Å². The summed E-state index contributed by atoms with van der Waals surface area (Å²) in [7, 11) is 0.170. The van der Waals surface area contributed by atoms with Gasteiger partial charge in [-0.15, -0.1) is 5.54 Å². The van der Waals surface area contributed by atoms with Gasteiger partial charge in [0.15, 0.2) is 5.65 Å². The molecule has 3 N–H and O–H groups in total. The van der Waals surface area contributed by atoms with E-state index in [4.69, 9.17) is 9.97 Å².